The number of carbonyl (C=O) groups excluding carboxylic acids is 1. The third-order valence-corrected chi connectivity index (χ3v) is 4.23. The Hall–Kier alpha value is -0.970. The second kappa shape index (κ2) is 9.23. The fraction of sp³-hybridized carbons (Fsp3) is 0.562. The fourth-order valence-electron chi connectivity index (χ4n) is 2.69. The minimum absolute atomic E-state index is 0. The van der Waals surface area contributed by atoms with Gasteiger partial charge in [-0.1, -0.05) is 30.2 Å². The SMILES string of the molecule is CC(CNC(=O)C[C@@H]1CCC[C@H]1N)Oc1ccccc1Cl.Cl. The number of benzene rings is 1. The zero-order chi connectivity index (χ0) is 15.2. The van der Waals surface area contributed by atoms with Gasteiger partial charge in [-0.05, 0) is 37.8 Å². The number of nitrogens with one attached hydrogen (secondary N) is 1. The lowest BCUT2D eigenvalue weighted by molar-refractivity contribution is -0.122. The average molecular weight is 347 g/mol. The Morgan fingerprint density at radius 1 is 1.45 bits per heavy atom. The molecule has 1 amide bonds. The third kappa shape index (κ3) is 5.67. The van der Waals surface area contributed by atoms with Crippen LogP contribution in [0.25, 0.3) is 0 Å². The number of halogens is 2. The topological polar surface area (TPSA) is 64.4 Å². The van der Waals surface area contributed by atoms with Crippen LogP contribution in [-0.2, 0) is 4.79 Å². The van der Waals surface area contributed by atoms with Crippen molar-refractivity contribution in [3.05, 3.63) is 29.3 Å². The summed E-state index contributed by atoms with van der Waals surface area (Å²) in [6.07, 6.45) is 3.60. The van der Waals surface area contributed by atoms with Gasteiger partial charge in [-0.3, -0.25) is 4.79 Å². The number of rotatable bonds is 6. The first-order chi connectivity index (χ1) is 10.1. The van der Waals surface area contributed by atoms with Gasteiger partial charge in [0.15, 0.2) is 0 Å². The minimum atomic E-state index is -0.133. The molecule has 1 aromatic carbocycles. The van der Waals surface area contributed by atoms with Crippen molar-refractivity contribution >= 4 is 29.9 Å². The molecule has 0 aromatic heterocycles. The zero-order valence-electron chi connectivity index (χ0n) is 12.8. The Bertz CT molecular complexity index is 485. The van der Waals surface area contributed by atoms with Gasteiger partial charge in [-0.2, -0.15) is 0 Å². The molecule has 0 radical (unpaired) electrons. The van der Waals surface area contributed by atoms with E-state index >= 15 is 0 Å². The Labute approximate surface area is 143 Å². The number of amides is 1. The van der Waals surface area contributed by atoms with Crippen molar-refractivity contribution in [3.8, 4) is 5.75 Å². The van der Waals surface area contributed by atoms with E-state index in [0.29, 0.717) is 29.7 Å². The van der Waals surface area contributed by atoms with Crippen LogP contribution in [-0.4, -0.2) is 24.6 Å². The van der Waals surface area contributed by atoms with Crippen molar-refractivity contribution in [1.82, 2.24) is 5.32 Å². The molecule has 0 bridgehead atoms. The van der Waals surface area contributed by atoms with E-state index in [0.717, 1.165) is 19.3 Å². The molecule has 3 atom stereocenters. The van der Waals surface area contributed by atoms with Crippen molar-refractivity contribution in [2.45, 2.75) is 44.8 Å². The molecule has 0 aliphatic heterocycles. The van der Waals surface area contributed by atoms with E-state index in [2.05, 4.69) is 5.32 Å². The van der Waals surface area contributed by atoms with Crippen LogP contribution < -0.4 is 15.8 Å². The largest absolute Gasteiger partial charge is 0.487 e. The standard InChI is InChI=1S/C16H23ClN2O2.ClH/c1-11(21-15-8-3-2-6-13(15)17)10-19-16(20)9-12-5-4-7-14(12)18;/h2-3,6,8,11-12,14H,4-5,7,9-10,18H2,1H3,(H,19,20);1H/t11?,12-,14+;/m0./s1. The summed E-state index contributed by atoms with van der Waals surface area (Å²) in [5.41, 5.74) is 5.98. The Kier molecular flexibility index (Phi) is 8.01. The van der Waals surface area contributed by atoms with Gasteiger partial charge in [-0.15, -0.1) is 12.4 Å². The lowest BCUT2D eigenvalue weighted by Gasteiger charge is -2.18. The van der Waals surface area contributed by atoms with Crippen molar-refractivity contribution in [2.24, 2.45) is 11.7 Å². The van der Waals surface area contributed by atoms with Crippen LogP contribution in [0.2, 0.25) is 5.02 Å². The van der Waals surface area contributed by atoms with Crippen molar-refractivity contribution in [3.63, 3.8) is 0 Å². The molecule has 1 fully saturated rings. The number of para-hydroxylation sites is 1. The van der Waals surface area contributed by atoms with Gasteiger partial charge in [0.2, 0.25) is 5.91 Å². The second-order valence-electron chi connectivity index (χ2n) is 5.72. The van der Waals surface area contributed by atoms with Crippen molar-refractivity contribution in [2.75, 3.05) is 6.54 Å². The van der Waals surface area contributed by atoms with E-state index in [1.807, 2.05) is 25.1 Å². The lowest BCUT2D eigenvalue weighted by Crippen LogP contribution is -2.36. The van der Waals surface area contributed by atoms with Gasteiger partial charge < -0.3 is 15.8 Å². The van der Waals surface area contributed by atoms with Gasteiger partial charge in [0.1, 0.15) is 11.9 Å². The maximum atomic E-state index is 11.9. The predicted molar refractivity (Wildman–Crippen MR) is 91.7 cm³/mol. The Morgan fingerprint density at radius 3 is 2.82 bits per heavy atom. The highest BCUT2D eigenvalue weighted by molar-refractivity contribution is 6.32. The lowest BCUT2D eigenvalue weighted by atomic mass is 10.00. The zero-order valence-corrected chi connectivity index (χ0v) is 14.3. The molecule has 0 saturated heterocycles. The van der Waals surface area contributed by atoms with Crippen LogP contribution in [0, 0.1) is 5.92 Å². The number of hydrogen-bond donors (Lipinski definition) is 2. The van der Waals surface area contributed by atoms with Crippen molar-refractivity contribution in [1.29, 1.82) is 0 Å². The maximum Gasteiger partial charge on any atom is 0.220 e. The summed E-state index contributed by atoms with van der Waals surface area (Å²) in [4.78, 5) is 11.9. The van der Waals surface area contributed by atoms with Gasteiger partial charge in [0, 0.05) is 12.5 Å². The summed E-state index contributed by atoms with van der Waals surface area (Å²) in [6.45, 7) is 2.37. The van der Waals surface area contributed by atoms with Gasteiger partial charge in [0.05, 0.1) is 11.6 Å². The normalized spacial score (nSPS) is 21.8. The Morgan fingerprint density at radius 2 is 2.18 bits per heavy atom. The van der Waals surface area contributed by atoms with E-state index < -0.39 is 0 Å². The van der Waals surface area contributed by atoms with E-state index in [-0.39, 0.29) is 30.5 Å². The molecule has 1 aliphatic rings. The highest BCUT2D eigenvalue weighted by Crippen LogP contribution is 2.26. The quantitative estimate of drug-likeness (QED) is 0.831. The summed E-state index contributed by atoms with van der Waals surface area (Å²) >= 11 is 6.03. The van der Waals surface area contributed by atoms with E-state index in [1.54, 1.807) is 6.07 Å². The van der Waals surface area contributed by atoms with Crippen molar-refractivity contribution < 1.29 is 9.53 Å². The first-order valence-corrected chi connectivity index (χ1v) is 7.87. The van der Waals surface area contributed by atoms with Gasteiger partial charge in [0.25, 0.3) is 0 Å². The van der Waals surface area contributed by atoms with Gasteiger partial charge in [-0.25, -0.2) is 0 Å². The average Bonchev–Trinajstić information content (AvgIpc) is 2.85. The molecule has 3 N–H and O–H groups in total. The second-order valence-corrected chi connectivity index (χ2v) is 6.13. The van der Waals surface area contributed by atoms with E-state index in [4.69, 9.17) is 22.1 Å². The molecular formula is C16H24Cl2N2O2. The summed E-state index contributed by atoms with van der Waals surface area (Å²) in [5, 5.41) is 3.48. The molecule has 1 aliphatic carbocycles. The number of hydrogen-bond acceptors (Lipinski definition) is 3. The monoisotopic (exact) mass is 346 g/mol. The minimum Gasteiger partial charge on any atom is -0.487 e. The van der Waals surface area contributed by atoms with Crippen LogP contribution >= 0.6 is 24.0 Å². The van der Waals surface area contributed by atoms with Crippen LogP contribution in [0.1, 0.15) is 32.6 Å². The summed E-state index contributed by atoms with van der Waals surface area (Å²) in [6, 6.07) is 7.50. The molecule has 0 spiro atoms. The van der Waals surface area contributed by atoms with Crippen LogP contribution in [0.3, 0.4) is 0 Å². The molecule has 124 valence electrons. The molecule has 0 heterocycles. The molecule has 1 saturated carbocycles. The first kappa shape index (κ1) is 19.1. The maximum absolute atomic E-state index is 11.9. The highest BCUT2D eigenvalue weighted by atomic mass is 35.5. The number of nitrogens with two attached hydrogens (primary N) is 1. The number of carbonyl (C=O) groups is 1. The summed E-state index contributed by atoms with van der Waals surface area (Å²) in [5.74, 6) is 1.01. The molecule has 6 heteroatoms. The molecule has 1 aromatic rings. The van der Waals surface area contributed by atoms with Crippen LogP contribution in [0.15, 0.2) is 24.3 Å². The molecule has 4 nitrogen and oxygen atoms in total. The number of ether oxygens (including phenoxy) is 1. The van der Waals surface area contributed by atoms with E-state index in [9.17, 15) is 4.79 Å². The summed E-state index contributed by atoms with van der Waals surface area (Å²) < 4.78 is 5.72. The molecule has 2 rings (SSSR count). The molecule has 22 heavy (non-hydrogen) atoms. The predicted octanol–water partition coefficient (Wildman–Crippen LogP) is 3.16. The fourth-order valence-corrected chi connectivity index (χ4v) is 2.87. The smallest absolute Gasteiger partial charge is 0.220 e. The first-order valence-electron chi connectivity index (χ1n) is 7.49. The third-order valence-electron chi connectivity index (χ3n) is 3.92. The van der Waals surface area contributed by atoms with Crippen LogP contribution in [0.4, 0.5) is 0 Å². The van der Waals surface area contributed by atoms with Gasteiger partial charge >= 0.3 is 0 Å². The highest BCUT2D eigenvalue weighted by Gasteiger charge is 2.26. The molecule has 1 unspecified atom stereocenters. The summed E-state index contributed by atoms with van der Waals surface area (Å²) in [7, 11) is 0. The van der Waals surface area contributed by atoms with Crippen LogP contribution in [0.5, 0.6) is 5.75 Å². The van der Waals surface area contributed by atoms with E-state index in [1.165, 1.54) is 0 Å². The molecular weight excluding hydrogens is 323 g/mol. The Balaban J connectivity index is 0.00000242.